The minimum absolute atomic E-state index is 0.108. The summed E-state index contributed by atoms with van der Waals surface area (Å²) < 4.78 is 10.6. The largest absolute Gasteiger partial charge is 0.492 e. The first-order valence-corrected chi connectivity index (χ1v) is 5.63. The van der Waals surface area contributed by atoms with Gasteiger partial charge in [0.1, 0.15) is 12.4 Å². The zero-order chi connectivity index (χ0) is 12.9. The highest BCUT2D eigenvalue weighted by atomic mass is 16.5. The van der Waals surface area contributed by atoms with E-state index in [0.717, 1.165) is 11.3 Å². The molecule has 17 heavy (non-hydrogen) atoms. The van der Waals surface area contributed by atoms with Crippen molar-refractivity contribution in [2.45, 2.75) is 26.2 Å². The summed E-state index contributed by atoms with van der Waals surface area (Å²) in [4.78, 5) is 3.56. The number of methoxy groups -OCH3 is 1. The number of hydrogen-bond acceptors (Lipinski definition) is 2. The molecule has 1 aromatic rings. The third-order valence-corrected chi connectivity index (χ3v) is 2.42. The van der Waals surface area contributed by atoms with Crippen LogP contribution in [0.5, 0.6) is 5.75 Å². The summed E-state index contributed by atoms with van der Waals surface area (Å²) in [6.07, 6.45) is 0. The molecule has 0 aliphatic heterocycles. The molecule has 0 bridgehead atoms. The fourth-order valence-electron chi connectivity index (χ4n) is 1.72. The Hall–Kier alpha value is -1.53. The van der Waals surface area contributed by atoms with E-state index in [-0.39, 0.29) is 5.41 Å². The highest BCUT2D eigenvalue weighted by Crippen LogP contribution is 2.38. The fraction of sp³-hybridized carbons (Fsp3) is 0.500. The van der Waals surface area contributed by atoms with E-state index in [1.807, 2.05) is 18.2 Å². The van der Waals surface area contributed by atoms with E-state index in [9.17, 15) is 0 Å². The van der Waals surface area contributed by atoms with Gasteiger partial charge in [0.05, 0.1) is 13.2 Å². The van der Waals surface area contributed by atoms with Crippen molar-refractivity contribution in [3.63, 3.8) is 0 Å². The minimum Gasteiger partial charge on any atom is -0.492 e. The van der Waals surface area contributed by atoms with Crippen molar-refractivity contribution in [3.05, 3.63) is 35.2 Å². The maximum Gasteiger partial charge on any atom is 0.194 e. The van der Waals surface area contributed by atoms with Gasteiger partial charge in [-0.15, -0.1) is 0 Å². The van der Waals surface area contributed by atoms with E-state index >= 15 is 0 Å². The molecule has 0 spiro atoms. The molecule has 0 aromatic heterocycles. The molecule has 0 heterocycles. The van der Waals surface area contributed by atoms with Crippen molar-refractivity contribution < 1.29 is 9.47 Å². The summed E-state index contributed by atoms with van der Waals surface area (Å²) in [7, 11) is 1.64. The van der Waals surface area contributed by atoms with Crippen molar-refractivity contribution >= 4 is 5.69 Å². The quantitative estimate of drug-likeness (QED) is 0.586. The SMILES string of the molecule is [C-]#[N+]c1cccc(OCCOC)c1C(C)(C)C. The van der Waals surface area contributed by atoms with Gasteiger partial charge in [-0.05, 0) is 11.5 Å². The fourth-order valence-corrected chi connectivity index (χ4v) is 1.72. The molecule has 0 amide bonds. The Kier molecular flexibility index (Phi) is 4.53. The monoisotopic (exact) mass is 233 g/mol. The molecule has 3 nitrogen and oxygen atoms in total. The Bertz CT molecular complexity index is 413. The van der Waals surface area contributed by atoms with Crippen molar-refractivity contribution in [3.8, 4) is 5.75 Å². The summed E-state index contributed by atoms with van der Waals surface area (Å²) in [6.45, 7) is 14.5. The normalized spacial score (nSPS) is 11.0. The molecule has 0 saturated heterocycles. The topological polar surface area (TPSA) is 22.8 Å². The first-order valence-electron chi connectivity index (χ1n) is 5.63. The predicted octanol–water partition coefficient (Wildman–Crippen LogP) is 3.56. The zero-order valence-electron chi connectivity index (χ0n) is 10.9. The number of benzene rings is 1. The van der Waals surface area contributed by atoms with Crippen molar-refractivity contribution in [1.82, 2.24) is 0 Å². The van der Waals surface area contributed by atoms with Crippen LogP contribution < -0.4 is 4.74 Å². The molecule has 0 unspecified atom stereocenters. The Balaban J connectivity index is 3.08. The second kappa shape index (κ2) is 5.70. The van der Waals surface area contributed by atoms with Crippen LogP contribution in [0, 0.1) is 6.57 Å². The van der Waals surface area contributed by atoms with Crippen LogP contribution in [0.4, 0.5) is 5.69 Å². The van der Waals surface area contributed by atoms with E-state index < -0.39 is 0 Å². The van der Waals surface area contributed by atoms with Crippen LogP contribution in [0.15, 0.2) is 18.2 Å². The molecule has 92 valence electrons. The second-order valence-corrected chi connectivity index (χ2v) is 4.85. The Labute approximate surface area is 103 Å². The average molecular weight is 233 g/mol. The molecule has 0 aliphatic rings. The highest BCUT2D eigenvalue weighted by molar-refractivity contribution is 5.61. The van der Waals surface area contributed by atoms with Crippen LogP contribution >= 0.6 is 0 Å². The number of rotatable bonds is 4. The van der Waals surface area contributed by atoms with Gasteiger partial charge in [-0.1, -0.05) is 32.9 Å². The van der Waals surface area contributed by atoms with E-state index in [0.29, 0.717) is 18.9 Å². The van der Waals surface area contributed by atoms with Crippen LogP contribution in [0.3, 0.4) is 0 Å². The smallest absolute Gasteiger partial charge is 0.194 e. The van der Waals surface area contributed by atoms with Crippen molar-refractivity contribution in [1.29, 1.82) is 0 Å². The summed E-state index contributed by atoms with van der Waals surface area (Å²) in [5, 5.41) is 0. The molecular formula is C14H19NO2. The van der Waals surface area contributed by atoms with Crippen LogP contribution in [0.1, 0.15) is 26.3 Å². The molecule has 3 heteroatoms. The third-order valence-electron chi connectivity index (χ3n) is 2.42. The van der Waals surface area contributed by atoms with E-state index in [1.54, 1.807) is 7.11 Å². The number of hydrogen-bond donors (Lipinski definition) is 0. The van der Waals surface area contributed by atoms with Gasteiger partial charge in [0.25, 0.3) is 0 Å². The van der Waals surface area contributed by atoms with Gasteiger partial charge >= 0.3 is 0 Å². The molecule has 0 saturated carbocycles. The van der Waals surface area contributed by atoms with Gasteiger partial charge in [-0.3, -0.25) is 0 Å². The maximum atomic E-state index is 7.22. The summed E-state index contributed by atoms with van der Waals surface area (Å²) in [6, 6.07) is 5.59. The lowest BCUT2D eigenvalue weighted by atomic mass is 9.85. The van der Waals surface area contributed by atoms with Crippen LogP contribution in [-0.2, 0) is 10.2 Å². The van der Waals surface area contributed by atoms with E-state index in [4.69, 9.17) is 16.0 Å². The Morgan fingerprint density at radius 1 is 1.24 bits per heavy atom. The van der Waals surface area contributed by atoms with Gasteiger partial charge < -0.3 is 9.47 Å². The van der Waals surface area contributed by atoms with E-state index in [2.05, 4.69) is 25.6 Å². The van der Waals surface area contributed by atoms with Gasteiger partial charge in [0.15, 0.2) is 5.69 Å². The molecule has 0 atom stereocenters. The molecule has 0 aliphatic carbocycles. The van der Waals surface area contributed by atoms with Gasteiger partial charge in [-0.25, -0.2) is 4.85 Å². The average Bonchev–Trinajstić information content (AvgIpc) is 2.27. The lowest BCUT2D eigenvalue weighted by molar-refractivity contribution is 0.145. The second-order valence-electron chi connectivity index (χ2n) is 4.85. The van der Waals surface area contributed by atoms with Crippen molar-refractivity contribution in [2.75, 3.05) is 20.3 Å². The molecule has 0 N–H and O–H groups in total. The molecular weight excluding hydrogens is 214 g/mol. The van der Waals surface area contributed by atoms with E-state index in [1.165, 1.54) is 0 Å². The molecule has 0 radical (unpaired) electrons. The van der Waals surface area contributed by atoms with Crippen molar-refractivity contribution in [2.24, 2.45) is 0 Å². The van der Waals surface area contributed by atoms with Crippen LogP contribution in [0.2, 0.25) is 0 Å². The summed E-state index contributed by atoms with van der Waals surface area (Å²) in [5.74, 6) is 0.781. The number of ether oxygens (including phenoxy) is 2. The third kappa shape index (κ3) is 3.47. The van der Waals surface area contributed by atoms with Gasteiger partial charge in [0, 0.05) is 12.7 Å². The highest BCUT2D eigenvalue weighted by Gasteiger charge is 2.22. The predicted molar refractivity (Wildman–Crippen MR) is 68.8 cm³/mol. The lowest BCUT2D eigenvalue weighted by Gasteiger charge is -2.24. The first-order chi connectivity index (χ1) is 8.00. The molecule has 0 fully saturated rings. The minimum atomic E-state index is -0.108. The Morgan fingerprint density at radius 2 is 1.94 bits per heavy atom. The molecule has 1 aromatic carbocycles. The van der Waals surface area contributed by atoms with Gasteiger partial charge in [0.2, 0.25) is 0 Å². The standard InChI is InChI=1S/C14H19NO2/c1-14(2,3)13-11(15-4)7-6-8-12(13)17-10-9-16-5/h6-8H,9-10H2,1-3,5H3. The Morgan fingerprint density at radius 3 is 2.47 bits per heavy atom. The summed E-state index contributed by atoms with van der Waals surface area (Å²) >= 11 is 0. The zero-order valence-corrected chi connectivity index (χ0v) is 10.9. The number of nitrogens with zero attached hydrogens (tertiary/aromatic N) is 1. The first kappa shape index (κ1) is 13.5. The van der Waals surface area contributed by atoms with Gasteiger partial charge in [-0.2, -0.15) is 0 Å². The molecule has 1 rings (SSSR count). The van der Waals surface area contributed by atoms with Crippen LogP contribution in [0.25, 0.3) is 4.85 Å². The van der Waals surface area contributed by atoms with Crippen LogP contribution in [-0.4, -0.2) is 20.3 Å². The lowest BCUT2D eigenvalue weighted by Crippen LogP contribution is -2.15. The maximum absolute atomic E-state index is 7.22. The summed E-state index contributed by atoms with van der Waals surface area (Å²) in [5.41, 5.74) is 1.52.